The summed E-state index contributed by atoms with van der Waals surface area (Å²) in [5.41, 5.74) is 2.43. The van der Waals surface area contributed by atoms with Gasteiger partial charge in [-0.05, 0) is 31.4 Å². The second-order valence-electron chi connectivity index (χ2n) is 5.66. The minimum absolute atomic E-state index is 0.0494. The first-order chi connectivity index (χ1) is 11.0. The van der Waals surface area contributed by atoms with Gasteiger partial charge in [0.2, 0.25) is 0 Å². The van der Waals surface area contributed by atoms with Crippen LogP contribution in [0.15, 0.2) is 24.3 Å². The van der Waals surface area contributed by atoms with E-state index in [0.29, 0.717) is 13.1 Å². The molecule has 1 aromatic rings. The van der Waals surface area contributed by atoms with Crippen LogP contribution in [0, 0.1) is 0 Å². The lowest BCUT2D eigenvalue weighted by molar-refractivity contribution is -0.153. The molecule has 1 N–H and O–H groups in total. The molecule has 0 radical (unpaired) electrons. The molecule has 2 amide bonds. The Kier molecular flexibility index (Phi) is 5.73. The molecule has 124 valence electrons. The van der Waals surface area contributed by atoms with Crippen LogP contribution in [0.3, 0.4) is 0 Å². The number of nitrogens with zero attached hydrogens (tertiary/aromatic N) is 1. The van der Waals surface area contributed by atoms with Crippen molar-refractivity contribution in [2.24, 2.45) is 0 Å². The van der Waals surface area contributed by atoms with Crippen LogP contribution in [-0.2, 0) is 27.3 Å². The third kappa shape index (κ3) is 4.81. The van der Waals surface area contributed by atoms with E-state index in [1.807, 2.05) is 18.2 Å². The largest absolute Gasteiger partial charge is 0.455 e. The Bertz CT molecular complexity index is 600. The molecule has 0 spiro atoms. The van der Waals surface area contributed by atoms with E-state index in [0.717, 1.165) is 12.0 Å². The minimum atomic E-state index is -0.739. The van der Waals surface area contributed by atoms with Crippen LogP contribution in [0.1, 0.15) is 31.4 Å². The second-order valence-corrected chi connectivity index (χ2v) is 5.66. The third-order valence-corrected chi connectivity index (χ3v) is 3.90. The standard InChI is InChI=1S/C17H22N2O4/c1-12(20)13(2)23-16(21)7-9-18-17(22)19-10-8-14-5-3-4-6-15(14)11-19/h3-6,13H,7-11H2,1-2H3,(H,18,22)/t13-/m0/s1. The van der Waals surface area contributed by atoms with Crippen LogP contribution in [0.5, 0.6) is 0 Å². The lowest BCUT2D eigenvalue weighted by Gasteiger charge is -2.28. The SMILES string of the molecule is CC(=O)[C@H](C)OC(=O)CCNC(=O)N1CCc2ccccc2C1. The second kappa shape index (κ2) is 7.76. The fourth-order valence-electron chi connectivity index (χ4n) is 2.39. The highest BCUT2D eigenvalue weighted by atomic mass is 16.5. The lowest BCUT2D eigenvalue weighted by Crippen LogP contribution is -2.43. The summed E-state index contributed by atoms with van der Waals surface area (Å²) >= 11 is 0. The first kappa shape index (κ1) is 17.0. The Morgan fingerprint density at radius 2 is 1.96 bits per heavy atom. The molecule has 0 bridgehead atoms. The van der Waals surface area contributed by atoms with Crippen molar-refractivity contribution in [2.45, 2.75) is 39.3 Å². The number of carbonyl (C=O) groups excluding carboxylic acids is 3. The number of hydrogen-bond donors (Lipinski definition) is 1. The van der Waals surface area contributed by atoms with E-state index in [9.17, 15) is 14.4 Å². The highest BCUT2D eigenvalue weighted by Gasteiger charge is 2.20. The van der Waals surface area contributed by atoms with Crippen molar-refractivity contribution in [1.29, 1.82) is 0 Å². The molecule has 6 heteroatoms. The summed E-state index contributed by atoms with van der Waals surface area (Å²) in [4.78, 5) is 36.4. The molecule has 6 nitrogen and oxygen atoms in total. The average molecular weight is 318 g/mol. The Hall–Kier alpha value is -2.37. The predicted molar refractivity (Wildman–Crippen MR) is 84.8 cm³/mol. The zero-order valence-corrected chi connectivity index (χ0v) is 13.5. The Labute approximate surface area is 135 Å². The molecule has 23 heavy (non-hydrogen) atoms. The summed E-state index contributed by atoms with van der Waals surface area (Å²) in [6.45, 7) is 4.33. The Morgan fingerprint density at radius 1 is 1.26 bits per heavy atom. The van der Waals surface area contributed by atoms with Gasteiger partial charge in [-0.25, -0.2) is 4.79 Å². The maximum Gasteiger partial charge on any atom is 0.317 e. The number of carbonyl (C=O) groups is 3. The highest BCUT2D eigenvalue weighted by Crippen LogP contribution is 2.18. The van der Waals surface area contributed by atoms with Crippen LogP contribution in [-0.4, -0.2) is 41.9 Å². The number of fused-ring (bicyclic) bond motifs is 1. The smallest absolute Gasteiger partial charge is 0.317 e. The van der Waals surface area contributed by atoms with Crippen molar-refractivity contribution in [2.75, 3.05) is 13.1 Å². The van der Waals surface area contributed by atoms with Gasteiger partial charge in [0.05, 0.1) is 6.42 Å². The van der Waals surface area contributed by atoms with Gasteiger partial charge in [0.15, 0.2) is 11.9 Å². The molecule has 0 saturated carbocycles. The molecular weight excluding hydrogens is 296 g/mol. The third-order valence-electron chi connectivity index (χ3n) is 3.90. The number of ether oxygens (including phenoxy) is 1. The van der Waals surface area contributed by atoms with Crippen LogP contribution in [0.4, 0.5) is 4.79 Å². The van der Waals surface area contributed by atoms with Gasteiger partial charge in [-0.15, -0.1) is 0 Å². The summed E-state index contributed by atoms with van der Waals surface area (Å²) < 4.78 is 4.93. The maximum absolute atomic E-state index is 12.1. The summed E-state index contributed by atoms with van der Waals surface area (Å²) in [5.74, 6) is -0.689. The van der Waals surface area contributed by atoms with Gasteiger partial charge in [-0.2, -0.15) is 0 Å². The average Bonchev–Trinajstić information content (AvgIpc) is 2.54. The number of esters is 1. The molecule has 1 aliphatic heterocycles. The fourth-order valence-corrected chi connectivity index (χ4v) is 2.39. The number of amides is 2. The molecule has 1 heterocycles. The monoisotopic (exact) mass is 318 g/mol. The topological polar surface area (TPSA) is 75.7 Å². The highest BCUT2D eigenvalue weighted by molar-refractivity contribution is 5.83. The summed E-state index contributed by atoms with van der Waals surface area (Å²) in [6.07, 6.45) is 0.145. The minimum Gasteiger partial charge on any atom is -0.455 e. The van der Waals surface area contributed by atoms with Gasteiger partial charge < -0.3 is 15.0 Å². The maximum atomic E-state index is 12.1. The van der Waals surface area contributed by atoms with Crippen molar-refractivity contribution in [3.63, 3.8) is 0 Å². The van der Waals surface area contributed by atoms with Gasteiger partial charge in [0.25, 0.3) is 0 Å². The number of hydrogen-bond acceptors (Lipinski definition) is 4. The van der Waals surface area contributed by atoms with E-state index < -0.39 is 12.1 Å². The molecule has 2 rings (SSSR count). The lowest BCUT2D eigenvalue weighted by atomic mass is 10.0. The van der Waals surface area contributed by atoms with Crippen LogP contribution < -0.4 is 5.32 Å². The normalized spacial score (nSPS) is 14.6. The zero-order chi connectivity index (χ0) is 16.8. The van der Waals surface area contributed by atoms with Gasteiger partial charge in [0, 0.05) is 19.6 Å². The van der Waals surface area contributed by atoms with E-state index in [1.54, 1.807) is 4.90 Å². The van der Waals surface area contributed by atoms with Crippen LogP contribution in [0.2, 0.25) is 0 Å². The molecule has 1 atom stereocenters. The molecule has 0 saturated heterocycles. The van der Waals surface area contributed by atoms with E-state index in [4.69, 9.17) is 4.74 Å². The van der Waals surface area contributed by atoms with Crippen molar-refractivity contribution in [3.05, 3.63) is 35.4 Å². The van der Waals surface area contributed by atoms with E-state index >= 15 is 0 Å². The Balaban J connectivity index is 1.74. The molecule has 1 aliphatic rings. The number of benzene rings is 1. The predicted octanol–water partition coefficient (Wildman–Crippen LogP) is 1.67. The molecule has 0 aliphatic carbocycles. The van der Waals surface area contributed by atoms with Crippen LogP contribution >= 0.6 is 0 Å². The zero-order valence-electron chi connectivity index (χ0n) is 13.5. The number of ketones is 1. The van der Waals surface area contributed by atoms with E-state index in [-0.39, 0.29) is 24.8 Å². The number of Topliss-reactive ketones (excluding diaryl/α,β-unsaturated/α-hetero) is 1. The fraction of sp³-hybridized carbons (Fsp3) is 0.471. The van der Waals surface area contributed by atoms with Gasteiger partial charge >= 0.3 is 12.0 Å². The van der Waals surface area contributed by atoms with Crippen molar-refractivity contribution in [3.8, 4) is 0 Å². The molecular formula is C17H22N2O4. The first-order valence-corrected chi connectivity index (χ1v) is 7.77. The first-order valence-electron chi connectivity index (χ1n) is 7.77. The van der Waals surface area contributed by atoms with Crippen molar-refractivity contribution >= 4 is 17.8 Å². The number of rotatable bonds is 5. The quantitative estimate of drug-likeness (QED) is 0.838. The van der Waals surface area contributed by atoms with Gasteiger partial charge in [-0.3, -0.25) is 9.59 Å². The van der Waals surface area contributed by atoms with Gasteiger partial charge in [-0.1, -0.05) is 24.3 Å². The molecule has 0 aromatic heterocycles. The summed E-state index contributed by atoms with van der Waals surface area (Å²) in [7, 11) is 0. The molecule has 0 unspecified atom stereocenters. The number of nitrogens with one attached hydrogen (secondary N) is 1. The summed E-state index contributed by atoms with van der Waals surface area (Å²) in [6, 6.07) is 7.88. The summed E-state index contributed by atoms with van der Waals surface area (Å²) in [5, 5.41) is 2.72. The van der Waals surface area contributed by atoms with E-state index in [1.165, 1.54) is 19.4 Å². The molecule has 1 aromatic carbocycles. The van der Waals surface area contributed by atoms with Gasteiger partial charge in [0.1, 0.15) is 0 Å². The van der Waals surface area contributed by atoms with E-state index in [2.05, 4.69) is 11.4 Å². The Morgan fingerprint density at radius 3 is 2.65 bits per heavy atom. The van der Waals surface area contributed by atoms with Crippen molar-refractivity contribution < 1.29 is 19.1 Å². The van der Waals surface area contributed by atoms with Crippen LogP contribution in [0.25, 0.3) is 0 Å². The van der Waals surface area contributed by atoms with Crippen molar-refractivity contribution in [1.82, 2.24) is 10.2 Å². The number of urea groups is 1. The molecule has 0 fully saturated rings.